The number of benzene rings is 1. The van der Waals surface area contributed by atoms with E-state index >= 15 is 0 Å². The average Bonchev–Trinajstić information content (AvgIpc) is 2.29. The highest BCUT2D eigenvalue weighted by Crippen LogP contribution is 2.30. The zero-order valence-corrected chi connectivity index (χ0v) is 10.2. The summed E-state index contributed by atoms with van der Waals surface area (Å²) in [6, 6.07) is 3.12. The van der Waals surface area contributed by atoms with E-state index in [0.29, 0.717) is 12.8 Å². The Hall–Kier alpha value is -2.12. The summed E-state index contributed by atoms with van der Waals surface area (Å²) in [6.45, 7) is -3.12. The van der Waals surface area contributed by atoms with Crippen LogP contribution in [-0.2, 0) is 0 Å². The molecular formula is C12H12F3NO4. The van der Waals surface area contributed by atoms with Crippen LogP contribution in [0.5, 0.6) is 11.5 Å². The van der Waals surface area contributed by atoms with Gasteiger partial charge in [-0.05, 0) is 12.1 Å². The molecule has 0 aromatic heterocycles. The van der Waals surface area contributed by atoms with Crippen molar-refractivity contribution in [1.82, 2.24) is 5.32 Å². The molecule has 1 saturated carbocycles. The Morgan fingerprint density at radius 1 is 1.40 bits per heavy atom. The summed E-state index contributed by atoms with van der Waals surface area (Å²) in [5.74, 6) is -1.30. The van der Waals surface area contributed by atoms with Gasteiger partial charge in [0, 0.05) is 24.9 Å². The maximum Gasteiger partial charge on any atom is 0.404 e. The van der Waals surface area contributed by atoms with Crippen LogP contribution in [0.15, 0.2) is 18.2 Å². The van der Waals surface area contributed by atoms with Gasteiger partial charge >= 0.3 is 12.7 Å². The second-order valence-corrected chi connectivity index (χ2v) is 4.33. The summed E-state index contributed by atoms with van der Waals surface area (Å²) in [5, 5.41) is 10.8. The molecule has 110 valence electrons. The first-order valence-corrected chi connectivity index (χ1v) is 5.84. The van der Waals surface area contributed by atoms with Gasteiger partial charge in [0.25, 0.3) is 0 Å². The number of alkyl halides is 2. The Labute approximate surface area is 112 Å². The summed E-state index contributed by atoms with van der Waals surface area (Å²) in [7, 11) is 0. The van der Waals surface area contributed by atoms with Gasteiger partial charge in [-0.15, -0.1) is 0 Å². The Morgan fingerprint density at radius 3 is 2.70 bits per heavy atom. The molecule has 0 radical (unpaired) electrons. The second kappa shape index (κ2) is 5.89. The predicted octanol–water partition coefficient (Wildman–Crippen LogP) is 2.60. The summed E-state index contributed by atoms with van der Waals surface area (Å²) < 4.78 is 46.7. The van der Waals surface area contributed by atoms with Crippen molar-refractivity contribution in [2.24, 2.45) is 0 Å². The normalized spacial score (nSPS) is 21.2. The van der Waals surface area contributed by atoms with E-state index in [9.17, 15) is 18.0 Å². The molecule has 0 spiro atoms. The molecule has 2 N–H and O–H groups in total. The quantitative estimate of drug-likeness (QED) is 0.875. The van der Waals surface area contributed by atoms with Gasteiger partial charge in [0.15, 0.2) is 11.6 Å². The van der Waals surface area contributed by atoms with Crippen LogP contribution in [0, 0.1) is 5.82 Å². The Bertz CT molecular complexity index is 492. The molecule has 1 aromatic rings. The molecule has 1 aliphatic rings. The van der Waals surface area contributed by atoms with Gasteiger partial charge in [0.05, 0.1) is 0 Å². The lowest BCUT2D eigenvalue weighted by molar-refractivity contribution is -0.0523. The summed E-state index contributed by atoms with van der Waals surface area (Å²) >= 11 is 0. The van der Waals surface area contributed by atoms with Crippen molar-refractivity contribution in [1.29, 1.82) is 0 Å². The molecule has 8 heteroatoms. The molecule has 0 atom stereocenters. The standard InChI is InChI=1S/C12H12F3NO4/c13-9-2-1-7(5-10(9)20-11(14)15)19-8-3-6(4-8)16-12(17)18/h1-2,5-6,8,11,16H,3-4H2,(H,17,18). The Balaban J connectivity index is 1.89. The summed E-state index contributed by atoms with van der Waals surface area (Å²) in [6.07, 6.45) is -0.414. The molecule has 1 amide bonds. The first-order chi connectivity index (χ1) is 9.44. The minimum absolute atomic E-state index is 0.185. The van der Waals surface area contributed by atoms with Gasteiger partial charge in [-0.1, -0.05) is 0 Å². The lowest BCUT2D eigenvalue weighted by Crippen LogP contribution is -2.48. The first-order valence-electron chi connectivity index (χ1n) is 5.84. The van der Waals surface area contributed by atoms with Crippen molar-refractivity contribution in [3.63, 3.8) is 0 Å². The fraction of sp³-hybridized carbons (Fsp3) is 0.417. The molecule has 0 saturated heterocycles. The maximum absolute atomic E-state index is 13.2. The molecule has 5 nitrogen and oxygen atoms in total. The van der Waals surface area contributed by atoms with Crippen molar-refractivity contribution < 1.29 is 32.5 Å². The van der Waals surface area contributed by atoms with E-state index in [1.54, 1.807) is 0 Å². The van der Waals surface area contributed by atoms with Crippen LogP contribution in [0.3, 0.4) is 0 Å². The van der Waals surface area contributed by atoms with Gasteiger partial charge in [0.1, 0.15) is 11.9 Å². The monoisotopic (exact) mass is 291 g/mol. The third-order valence-electron chi connectivity index (χ3n) is 2.84. The van der Waals surface area contributed by atoms with Crippen LogP contribution >= 0.6 is 0 Å². The number of carbonyl (C=O) groups is 1. The summed E-state index contributed by atoms with van der Waals surface area (Å²) in [5.41, 5.74) is 0. The van der Waals surface area contributed by atoms with Crippen molar-refractivity contribution in [2.45, 2.75) is 31.6 Å². The molecule has 2 rings (SSSR count). The number of rotatable bonds is 5. The highest BCUT2D eigenvalue weighted by Gasteiger charge is 2.32. The molecular weight excluding hydrogens is 279 g/mol. The van der Waals surface area contributed by atoms with Crippen LogP contribution in [0.4, 0.5) is 18.0 Å². The Kier molecular flexibility index (Phi) is 4.21. The number of nitrogens with one attached hydrogen (secondary N) is 1. The van der Waals surface area contributed by atoms with Gasteiger partial charge in [-0.3, -0.25) is 0 Å². The largest absolute Gasteiger partial charge is 0.490 e. The number of hydrogen-bond donors (Lipinski definition) is 2. The van der Waals surface area contributed by atoms with E-state index in [1.165, 1.54) is 6.07 Å². The van der Waals surface area contributed by atoms with Gasteiger partial charge < -0.3 is 19.9 Å². The first kappa shape index (κ1) is 14.3. The minimum Gasteiger partial charge on any atom is -0.490 e. The lowest BCUT2D eigenvalue weighted by atomic mass is 9.89. The van der Waals surface area contributed by atoms with Gasteiger partial charge in [0.2, 0.25) is 0 Å². The van der Waals surface area contributed by atoms with E-state index in [-0.39, 0.29) is 17.9 Å². The molecule has 1 aromatic carbocycles. The van der Waals surface area contributed by atoms with Crippen LogP contribution in [0.25, 0.3) is 0 Å². The minimum atomic E-state index is -3.12. The number of halogens is 3. The number of ether oxygens (including phenoxy) is 2. The van der Waals surface area contributed by atoms with Crippen LogP contribution < -0.4 is 14.8 Å². The molecule has 0 aliphatic heterocycles. The third-order valence-corrected chi connectivity index (χ3v) is 2.84. The Morgan fingerprint density at radius 2 is 2.10 bits per heavy atom. The van der Waals surface area contributed by atoms with Crippen molar-refractivity contribution in [3.8, 4) is 11.5 Å². The van der Waals surface area contributed by atoms with E-state index in [2.05, 4.69) is 10.1 Å². The topological polar surface area (TPSA) is 67.8 Å². The van der Waals surface area contributed by atoms with Crippen LogP contribution in [0.2, 0.25) is 0 Å². The molecule has 20 heavy (non-hydrogen) atoms. The smallest absolute Gasteiger partial charge is 0.404 e. The fourth-order valence-corrected chi connectivity index (χ4v) is 1.89. The second-order valence-electron chi connectivity index (χ2n) is 4.33. The predicted molar refractivity (Wildman–Crippen MR) is 61.6 cm³/mol. The van der Waals surface area contributed by atoms with E-state index in [4.69, 9.17) is 9.84 Å². The zero-order chi connectivity index (χ0) is 14.7. The molecule has 1 fully saturated rings. The molecule has 1 aliphatic carbocycles. The maximum atomic E-state index is 13.2. The van der Waals surface area contributed by atoms with Crippen LogP contribution in [-0.4, -0.2) is 30.0 Å². The third kappa shape index (κ3) is 3.69. The molecule has 0 bridgehead atoms. The SMILES string of the molecule is O=C(O)NC1CC(Oc2ccc(F)c(OC(F)F)c2)C1. The average molecular weight is 291 g/mol. The van der Waals surface area contributed by atoms with E-state index in [1.807, 2.05) is 0 Å². The van der Waals surface area contributed by atoms with Crippen molar-refractivity contribution >= 4 is 6.09 Å². The number of carboxylic acid groups (broad SMARTS) is 1. The zero-order valence-electron chi connectivity index (χ0n) is 10.2. The number of hydrogen-bond acceptors (Lipinski definition) is 3. The highest BCUT2D eigenvalue weighted by molar-refractivity contribution is 5.65. The molecule has 0 unspecified atom stereocenters. The highest BCUT2D eigenvalue weighted by atomic mass is 19.3. The lowest BCUT2D eigenvalue weighted by Gasteiger charge is -2.35. The number of amides is 1. The molecule has 0 heterocycles. The van der Waals surface area contributed by atoms with Gasteiger partial charge in [-0.2, -0.15) is 8.78 Å². The summed E-state index contributed by atoms with van der Waals surface area (Å²) in [4.78, 5) is 10.4. The fourth-order valence-electron chi connectivity index (χ4n) is 1.89. The van der Waals surface area contributed by atoms with Crippen molar-refractivity contribution in [2.75, 3.05) is 0 Å². The van der Waals surface area contributed by atoms with E-state index < -0.39 is 24.3 Å². The van der Waals surface area contributed by atoms with Crippen molar-refractivity contribution in [3.05, 3.63) is 24.0 Å². The van der Waals surface area contributed by atoms with E-state index in [0.717, 1.165) is 12.1 Å². The van der Waals surface area contributed by atoms with Crippen LogP contribution in [0.1, 0.15) is 12.8 Å². The van der Waals surface area contributed by atoms with Gasteiger partial charge in [-0.25, -0.2) is 9.18 Å².